The molecule has 0 atom stereocenters. The highest BCUT2D eigenvalue weighted by molar-refractivity contribution is 7.86. The molecular weight excluding hydrogens is 260 g/mol. The molecule has 4 N–H and O–H groups in total. The van der Waals surface area contributed by atoms with Crippen LogP contribution in [0.5, 0.6) is 17.2 Å². The van der Waals surface area contributed by atoms with Gasteiger partial charge in [-0.2, -0.15) is 8.42 Å². The molecule has 1 aromatic carbocycles. The first-order chi connectivity index (χ1) is 7.89. The van der Waals surface area contributed by atoms with Crippen LogP contribution in [-0.4, -0.2) is 28.3 Å². The Bertz CT molecular complexity index is 566. The monoisotopic (exact) mass is 276 g/mol. The number of aromatic hydroxyl groups is 3. The fraction of sp³-hybridized carbons (Fsp3) is 0.455. The molecule has 1 rings (SSSR count). The fourth-order valence-corrected chi connectivity index (χ4v) is 2.70. The lowest BCUT2D eigenvalue weighted by Crippen LogP contribution is -2.15. The van der Waals surface area contributed by atoms with Gasteiger partial charge < -0.3 is 15.3 Å². The molecule has 0 saturated carbocycles. The third kappa shape index (κ3) is 2.23. The first kappa shape index (κ1) is 14.6. The lowest BCUT2D eigenvalue weighted by atomic mass is 9.83. The van der Waals surface area contributed by atoms with Crippen LogP contribution in [0.2, 0.25) is 0 Å². The molecule has 102 valence electrons. The quantitative estimate of drug-likeness (QED) is 0.352. The van der Waals surface area contributed by atoms with Crippen LogP contribution in [0.15, 0.2) is 4.90 Å². The zero-order valence-corrected chi connectivity index (χ0v) is 11.3. The number of rotatable bonds is 1. The minimum Gasteiger partial charge on any atom is -0.506 e. The van der Waals surface area contributed by atoms with E-state index < -0.39 is 37.7 Å². The predicted molar refractivity (Wildman–Crippen MR) is 64.7 cm³/mol. The van der Waals surface area contributed by atoms with Crippen LogP contribution in [0.1, 0.15) is 31.9 Å². The molecule has 0 bridgehead atoms. The number of hydrogen-bond donors (Lipinski definition) is 4. The third-order valence-electron chi connectivity index (χ3n) is 2.63. The Morgan fingerprint density at radius 3 is 1.72 bits per heavy atom. The first-order valence-corrected chi connectivity index (χ1v) is 6.58. The molecule has 0 heterocycles. The molecule has 0 saturated heterocycles. The number of phenols is 3. The molecule has 0 aliphatic heterocycles. The van der Waals surface area contributed by atoms with Gasteiger partial charge in [0.1, 0.15) is 5.75 Å². The van der Waals surface area contributed by atoms with Gasteiger partial charge in [0.05, 0.1) is 0 Å². The predicted octanol–water partition coefficient (Wildman–Crippen LogP) is 1.66. The van der Waals surface area contributed by atoms with Crippen LogP contribution in [0.25, 0.3) is 0 Å². The Morgan fingerprint density at radius 2 is 1.39 bits per heavy atom. The highest BCUT2D eigenvalue weighted by Gasteiger charge is 2.32. The Balaban J connectivity index is 3.90. The van der Waals surface area contributed by atoms with Crippen LogP contribution in [-0.2, 0) is 15.5 Å². The average Bonchev–Trinajstić information content (AvgIpc) is 2.10. The zero-order valence-electron chi connectivity index (χ0n) is 10.5. The van der Waals surface area contributed by atoms with E-state index in [0.717, 1.165) is 0 Å². The Hall–Kier alpha value is -1.47. The summed E-state index contributed by atoms with van der Waals surface area (Å²) in [7, 11) is -4.83. The van der Waals surface area contributed by atoms with Gasteiger partial charge in [0.25, 0.3) is 0 Å². The van der Waals surface area contributed by atoms with Crippen molar-refractivity contribution in [1.82, 2.24) is 0 Å². The largest absolute Gasteiger partial charge is 0.506 e. The standard InChI is InChI=1S/C11H16O6S/c1-5-6(11(2,3)4)8(13)9(14)10(7(5)12)18(15,16)17/h12-14H,1-4H3,(H,15,16,17). The molecule has 0 radical (unpaired) electrons. The highest BCUT2D eigenvalue weighted by Crippen LogP contribution is 2.48. The van der Waals surface area contributed by atoms with E-state index >= 15 is 0 Å². The van der Waals surface area contributed by atoms with Gasteiger partial charge in [0, 0.05) is 5.56 Å². The summed E-state index contributed by atoms with van der Waals surface area (Å²) in [6.07, 6.45) is 0. The van der Waals surface area contributed by atoms with E-state index in [4.69, 9.17) is 4.55 Å². The molecule has 1 aromatic rings. The van der Waals surface area contributed by atoms with Crippen molar-refractivity contribution in [3.05, 3.63) is 11.1 Å². The maximum Gasteiger partial charge on any atom is 0.302 e. The van der Waals surface area contributed by atoms with Crippen LogP contribution in [0, 0.1) is 6.92 Å². The van der Waals surface area contributed by atoms with E-state index in [1.807, 2.05) is 0 Å². The second-order valence-electron chi connectivity index (χ2n) is 5.10. The molecule has 0 unspecified atom stereocenters. The normalized spacial score (nSPS) is 12.7. The highest BCUT2D eigenvalue weighted by atomic mass is 32.2. The maximum atomic E-state index is 11.1. The van der Waals surface area contributed by atoms with Gasteiger partial charge in [-0.05, 0) is 17.9 Å². The van der Waals surface area contributed by atoms with Crippen LogP contribution in [0.4, 0.5) is 0 Å². The number of hydrogen-bond acceptors (Lipinski definition) is 5. The molecular formula is C11H16O6S. The number of phenolic OH excluding ortho intramolecular Hbond substituents is 3. The molecule has 7 heteroatoms. The Kier molecular flexibility index (Phi) is 3.27. The minimum atomic E-state index is -4.83. The second-order valence-corrected chi connectivity index (χ2v) is 6.46. The third-order valence-corrected chi connectivity index (χ3v) is 3.53. The minimum absolute atomic E-state index is 0.0884. The Morgan fingerprint density at radius 1 is 0.944 bits per heavy atom. The summed E-state index contributed by atoms with van der Waals surface area (Å²) in [6, 6.07) is 0. The first-order valence-electron chi connectivity index (χ1n) is 5.14. The second kappa shape index (κ2) is 4.03. The van der Waals surface area contributed by atoms with Gasteiger partial charge in [0.2, 0.25) is 0 Å². The smallest absolute Gasteiger partial charge is 0.302 e. The van der Waals surface area contributed by atoms with Gasteiger partial charge in [-0.15, -0.1) is 0 Å². The molecule has 0 aliphatic rings. The van der Waals surface area contributed by atoms with Gasteiger partial charge in [-0.1, -0.05) is 20.8 Å². The van der Waals surface area contributed by atoms with Crippen molar-refractivity contribution < 1.29 is 28.3 Å². The lowest BCUT2D eigenvalue weighted by Gasteiger charge is -2.25. The summed E-state index contributed by atoms with van der Waals surface area (Å²) in [6.45, 7) is 6.56. The van der Waals surface area contributed by atoms with E-state index in [1.165, 1.54) is 6.92 Å². The summed E-state index contributed by atoms with van der Waals surface area (Å²) in [5.41, 5.74) is -0.323. The molecule has 0 fully saturated rings. The summed E-state index contributed by atoms with van der Waals surface area (Å²) < 4.78 is 31.1. The van der Waals surface area contributed by atoms with Crippen molar-refractivity contribution in [1.29, 1.82) is 0 Å². The average molecular weight is 276 g/mol. The van der Waals surface area contributed by atoms with E-state index in [9.17, 15) is 23.7 Å². The van der Waals surface area contributed by atoms with Crippen molar-refractivity contribution >= 4 is 10.1 Å². The summed E-state index contributed by atoms with van der Waals surface area (Å²) in [5.74, 6) is -2.48. The topological polar surface area (TPSA) is 115 Å². The maximum absolute atomic E-state index is 11.1. The fourth-order valence-electron chi connectivity index (χ4n) is 1.97. The van der Waals surface area contributed by atoms with Crippen LogP contribution < -0.4 is 0 Å². The SMILES string of the molecule is Cc1c(O)c(S(=O)(=O)O)c(O)c(O)c1C(C)(C)C. The van der Waals surface area contributed by atoms with Crippen molar-refractivity contribution in [2.45, 2.75) is 38.0 Å². The summed E-state index contributed by atoms with van der Waals surface area (Å²) in [5, 5.41) is 29.3. The molecule has 0 amide bonds. The van der Waals surface area contributed by atoms with Gasteiger partial charge in [-0.3, -0.25) is 4.55 Å². The lowest BCUT2D eigenvalue weighted by molar-refractivity contribution is 0.359. The van der Waals surface area contributed by atoms with Gasteiger partial charge in [0.15, 0.2) is 16.4 Å². The van der Waals surface area contributed by atoms with Gasteiger partial charge >= 0.3 is 10.1 Å². The van der Waals surface area contributed by atoms with E-state index in [-0.39, 0.29) is 11.1 Å². The van der Waals surface area contributed by atoms with Gasteiger partial charge in [-0.25, -0.2) is 0 Å². The van der Waals surface area contributed by atoms with Crippen molar-refractivity contribution in [3.63, 3.8) is 0 Å². The summed E-state index contributed by atoms with van der Waals surface area (Å²) >= 11 is 0. The molecule has 6 nitrogen and oxygen atoms in total. The zero-order chi connectivity index (χ0) is 14.5. The van der Waals surface area contributed by atoms with E-state index in [2.05, 4.69) is 0 Å². The molecule has 0 aromatic heterocycles. The molecule has 0 aliphatic carbocycles. The molecule has 0 spiro atoms. The van der Waals surface area contributed by atoms with Crippen LogP contribution >= 0.6 is 0 Å². The van der Waals surface area contributed by atoms with Crippen molar-refractivity contribution in [2.75, 3.05) is 0 Å². The Labute approximate surface area is 105 Å². The van der Waals surface area contributed by atoms with E-state index in [0.29, 0.717) is 0 Å². The van der Waals surface area contributed by atoms with Crippen molar-refractivity contribution in [3.8, 4) is 17.2 Å². The molecule has 18 heavy (non-hydrogen) atoms. The van der Waals surface area contributed by atoms with Crippen molar-refractivity contribution in [2.24, 2.45) is 0 Å². The number of benzene rings is 1. The van der Waals surface area contributed by atoms with E-state index in [1.54, 1.807) is 20.8 Å². The van der Waals surface area contributed by atoms with Crippen LogP contribution in [0.3, 0.4) is 0 Å². The summed E-state index contributed by atoms with van der Waals surface area (Å²) in [4.78, 5) is -1.08.